The monoisotopic (exact) mass is 374 g/mol. The number of hydrogen-bond donors (Lipinski definition) is 0. The SMILES string of the molecule is Cc1ccc(N=c2scc(-c3ccco3)n2N=Cc2ccncc2)c(C)c1. The van der Waals surface area contributed by atoms with Crippen molar-refractivity contribution in [3.05, 3.63) is 88.0 Å². The van der Waals surface area contributed by atoms with Gasteiger partial charge in [0.2, 0.25) is 4.80 Å². The van der Waals surface area contributed by atoms with Crippen LogP contribution in [0.15, 0.2) is 81.0 Å². The lowest BCUT2D eigenvalue weighted by atomic mass is 10.1. The lowest BCUT2D eigenvalue weighted by molar-refractivity contribution is 0.575. The highest BCUT2D eigenvalue weighted by atomic mass is 32.1. The number of rotatable bonds is 4. The van der Waals surface area contributed by atoms with Gasteiger partial charge in [-0.2, -0.15) is 5.10 Å². The van der Waals surface area contributed by atoms with Gasteiger partial charge in [-0.05, 0) is 55.3 Å². The first-order chi connectivity index (χ1) is 13.2. The summed E-state index contributed by atoms with van der Waals surface area (Å²) in [4.78, 5) is 9.65. The smallest absolute Gasteiger partial charge is 0.211 e. The molecule has 3 aromatic heterocycles. The average molecular weight is 374 g/mol. The van der Waals surface area contributed by atoms with Crippen LogP contribution in [-0.2, 0) is 0 Å². The van der Waals surface area contributed by atoms with Crippen molar-refractivity contribution in [2.75, 3.05) is 0 Å². The summed E-state index contributed by atoms with van der Waals surface area (Å²) in [6, 6.07) is 13.8. The Morgan fingerprint density at radius 2 is 1.96 bits per heavy atom. The van der Waals surface area contributed by atoms with E-state index in [1.165, 1.54) is 16.9 Å². The molecule has 0 aliphatic rings. The molecule has 5 nitrogen and oxygen atoms in total. The first-order valence-electron chi connectivity index (χ1n) is 8.51. The number of thiazole rings is 1. The van der Waals surface area contributed by atoms with Gasteiger partial charge in [0.05, 0.1) is 18.2 Å². The number of pyridine rings is 1. The number of benzene rings is 1. The molecule has 1 aromatic carbocycles. The Labute approximate surface area is 161 Å². The molecule has 27 heavy (non-hydrogen) atoms. The summed E-state index contributed by atoms with van der Waals surface area (Å²) in [7, 11) is 0. The molecule has 0 atom stereocenters. The number of aryl methyl sites for hydroxylation is 2. The molecule has 0 fully saturated rings. The lowest BCUT2D eigenvalue weighted by Gasteiger charge is -2.03. The van der Waals surface area contributed by atoms with E-state index in [0.717, 1.165) is 33.1 Å². The zero-order chi connectivity index (χ0) is 18.6. The molecule has 4 aromatic rings. The van der Waals surface area contributed by atoms with E-state index in [4.69, 9.17) is 9.41 Å². The van der Waals surface area contributed by atoms with Crippen LogP contribution in [0.1, 0.15) is 16.7 Å². The molecule has 6 heteroatoms. The second-order valence-corrected chi connectivity index (χ2v) is 6.96. The largest absolute Gasteiger partial charge is 0.463 e. The van der Waals surface area contributed by atoms with Gasteiger partial charge in [-0.25, -0.2) is 9.67 Å². The molecule has 0 saturated carbocycles. The zero-order valence-electron chi connectivity index (χ0n) is 15.0. The molecule has 0 amide bonds. The van der Waals surface area contributed by atoms with Crippen LogP contribution in [0.4, 0.5) is 5.69 Å². The molecule has 134 valence electrons. The second-order valence-electron chi connectivity index (χ2n) is 6.12. The van der Waals surface area contributed by atoms with Gasteiger partial charge >= 0.3 is 0 Å². The van der Waals surface area contributed by atoms with E-state index in [-0.39, 0.29) is 0 Å². The fraction of sp³-hybridized carbons (Fsp3) is 0.0952. The van der Waals surface area contributed by atoms with Crippen LogP contribution in [-0.4, -0.2) is 15.9 Å². The van der Waals surface area contributed by atoms with E-state index in [1.807, 2.05) is 40.4 Å². The van der Waals surface area contributed by atoms with Crippen molar-refractivity contribution >= 4 is 23.2 Å². The Hall–Kier alpha value is -3.25. The van der Waals surface area contributed by atoms with E-state index < -0.39 is 0 Å². The summed E-state index contributed by atoms with van der Waals surface area (Å²) in [5.41, 5.74) is 5.11. The maximum absolute atomic E-state index is 5.58. The van der Waals surface area contributed by atoms with Crippen LogP contribution in [0.5, 0.6) is 0 Å². The molecule has 4 rings (SSSR count). The highest BCUT2D eigenvalue weighted by molar-refractivity contribution is 7.07. The number of nitrogens with zero attached hydrogens (tertiary/aromatic N) is 4. The van der Waals surface area contributed by atoms with Crippen molar-refractivity contribution < 1.29 is 4.42 Å². The van der Waals surface area contributed by atoms with Crippen molar-refractivity contribution in [1.29, 1.82) is 0 Å². The van der Waals surface area contributed by atoms with Gasteiger partial charge in [0, 0.05) is 17.8 Å². The van der Waals surface area contributed by atoms with E-state index >= 15 is 0 Å². The highest BCUT2D eigenvalue weighted by Crippen LogP contribution is 2.23. The summed E-state index contributed by atoms with van der Waals surface area (Å²) in [5.74, 6) is 0.750. The van der Waals surface area contributed by atoms with Crippen molar-refractivity contribution in [1.82, 2.24) is 9.66 Å². The Bertz CT molecular complexity index is 1140. The normalized spacial score (nSPS) is 12.1. The standard InChI is InChI=1S/C21H18N4OS/c1-15-5-6-18(16(2)12-15)24-21-25(23-13-17-7-9-22-10-8-17)19(14-27-21)20-4-3-11-26-20/h3-14H,1-2H3. The third kappa shape index (κ3) is 3.80. The Kier molecular flexibility index (Phi) is 4.80. The molecule has 0 radical (unpaired) electrons. The van der Waals surface area contributed by atoms with E-state index in [2.05, 4.69) is 36.1 Å². The molecule has 0 unspecified atom stereocenters. The molecule has 0 spiro atoms. The van der Waals surface area contributed by atoms with Crippen LogP contribution >= 0.6 is 11.3 Å². The van der Waals surface area contributed by atoms with Crippen LogP contribution in [0.3, 0.4) is 0 Å². The Morgan fingerprint density at radius 3 is 2.70 bits per heavy atom. The minimum Gasteiger partial charge on any atom is -0.463 e. The molecular weight excluding hydrogens is 356 g/mol. The van der Waals surface area contributed by atoms with E-state index in [9.17, 15) is 0 Å². The van der Waals surface area contributed by atoms with Crippen LogP contribution < -0.4 is 4.80 Å². The highest BCUT2D eigenvalue weighted by Gasteiger charge is 2.10. The topological polar surface area (TPSA) is 55.7 Å². The average Bonchev–Trinajstić information content (AvgIpc) is 3.33. The van der Waals surface area contributed by atoms with Gasteiger partial charge in [-0.3, -0.25) is 4.98 Å². The first kappa shape index (κ1) is 17.2. The molecule has 0 N–H and O–H groups in total. The minimum atomic E-state index is 0.750. The van der Waals surface area contributed by atoms with Gasteiger partial charge in [-0.15, -0.1) is 11.3 Å². The quantitative estimate of drug-likeness (QED) is 0.475. The fourth-order valence-corrected chi connectivity index (χ4v) is 3.52. The number of furan rings is 1. The predicted molar refractivity (Wildman–Crippen MR) is 108 cm³/mol. The maximum Gasteiger partial charge on any atom is 0.211 e. The van der Waals surface area contributed by atoms with Crippen molar-refractivity contribution in [2.24, 2.45) is 10.1 Å². The molecule has 0 bridgehead atoms. The van der Waals surface area contributed by atoms with Crippen molar-refractivity contribution in [3.8, 4) is 11.5 Å². The third-order valence-electron chi connectivity index (χ3n) is 4.06. The molecule has 0 aliphatic heterocycles. The maximum atomic E-state index is 5.58. The summed E-state index contributed by atoms with van der Waals surface area (Å²) in [5, 5.41) is 6.66. The van der Waals surface area contributed by atoms with Gasteiger partial charge in [-0.1, -0.05) is 17.7 Å². The van der Waals surface area contributed by atoms with E-state index in [1.54, 1.807) is 24.9 Å². The Balaban J connectivity index is 1.84. The van der Waals surface area contributed by atoms with Crippen LogP contribution in [0.25, 0.3) is 11.5 Å². The van der Waals surface area contributed by atoms with E-state index in [0.29, 0.717) is 0 Å². The van der Waals surface area contributed by atoms with Crippen molar-refractivity contribution in [3.63, 3.8) is 0 Å². The zero-order valence-corrected chi connectivity index (χ0v) is 15.9. The number of aromatic nitrogens is 2. The van der Waals surface area contributed by atoms with Gasteiger partial charge in [0.15, 0.2) is 5.76 Å². The summed E-state index contributed by atoms with van der Waals surface area (Å²) in [6.45, 7) is 4.15. The van der Waals surface area contributed by atoms with Crippen LogP contribution in [0, 0.1) is 13.8 Å². The third-order valence-corrected chi connectivity index (χ3v) is 4.87. The Morgan fingerprint density at radius 1 is 1.11 bits per heavy atom. The molecular formula is C21H18N4OS. The van der Waals surface area contributed by atoms with Gasteiger partial charge in [0.1, 0.15) is 5.69 Å². The molecule has 0 saturated heterocycles. The van der Waals surface area contributed by atoms with Crippen LogP contribution in [0.2, 0.25) is 0 Å². The second kappa shape index (κ2) is 7.55. The predicted octanol–water partition coefficient (Wildman–Crippen LogP) is 4.94. The lowest BCUT2D eigenvalue weighted by Crippen LogP contribution is -2.11. The summed E-state index contributed by atoms with van der Waals surface area (Å²) >= 11 is 1.53. The number of hydrogen-bond acceptors (Lipinski definition) is 5. The molecule has 3 heterocycles. The fourth-order valence-electron chi connectivity index (χ4n) is 2.69. The summed E-state index contributed by atoms with van der Waals surface area (Å²) < 4.78 is 7.38. The first-order valence-corrected chi connectivity index (χ1v) is 9.39. The van der Waals surface area contributed by atoms with Gasteiger partial charge < -0.3 is 4.42 Å². The molecule has 0 aliphatic carbocycles. The minimum absolute atomic E-state index is 0.750. The van der Waals surface area contributed by atoms with Gasteiger partial charge in [0.25, 0.3) is 0 Å². The van der Waals surface area contributed by atoms with Crippen molar-refractivity contribution in [2.45, 2.75) is 13.8 Å². The summed E-state index contributed by atoms with van der Waals surface area (Å²) in [6.07, 6.45) is 6.94.